The summed E-state index contributed by atoms with van der Waals surface area (Å²) in [5.74, 6) is 1.10. The molecule has 2 bridgehead atoms. The Bertz CT molecular complexity index is 1000. The van der Waals surface area contributed by atoms with E-state index < -0.39 is 6.04 Å². The van der Waals surface area contributed by atoms with Crippen LogP contribution in [0.3, 0.4) is 0 Å². The van der Waals surface area contributed by atoms with Crippen molar-refractivity contribution in [1.29, 1.82) is 0 Å². The summed E-state index contributed by atoms with van der Waals surface area (Å²) in [7, 11) is -0.337. The Morgan fingerprint density at radius 2 is 1.65 bits per heavy atom. The molecule has 4 aliphatic rings. The predicted molar refractivity (Wildman–Crippen MR) is 135 cm³/mol. The first-order chi connectivity index (χ1) is 16.3. The number of carbonyl (C=O) groups excluding carboxylic acids is 1. The van der Waals surface area contributed by atoms with Crippen LogP contribution < -0.4 is 11.1 Å². The molecular weight excluding hydrogens is 423 g/mol. The average molecular weight is 460 g/mol. The molecule has 34 heavy (non-hydrogen) atoms. The van der Waals surface area contributed by atoms with E-state index in [-0.39, 0.29) is 30.5 Å². The van der Waals surface area contributed by atoms with Gasteiger partial charge in [-0.1, -0.05) is 74.5 Å². The fraction of sp³-hybridized carbons (Fsp3) is 0.536. The first kappa shape index (κ1) is 23.6. The first-order valence-electron chi connectivity index (χ1n) is 12.7. The molecule has 3 N–H and O–H groups in total. The van der Waals surface area contributed by atoms with Gasteiger partial charge >= 0.3 is 7.12 Å². The lowest BCUT2D eigenvalue weighted by molar-refractivity contribution is -0.199. The van der Waals surface area contributed by atoms with E-state index in [4.69, 9.17) is 15.0 Å². The van der Waals surface area contributed by atoms with Gasteiger partial charge in [-0.25, -0.2) is 0 Å². The number of nitrogens with one attached hydrogen (secondary N) is 1. The molecule has 0 aromatic heterocycles. The molecule has 1 heterocycles. The quantitative estimate of drug-likeness (QED) is 0.584. The summed E-state index contributed by atoms with van der Waals surface area (Å²) < 4.78 is 13.3. The summed E-state index contributed by atoms with van der Waals surface area (Å²) in [5.41, 5.74) is 8.56. The molecule has 5 nitrogen and oxygen atoms in total. The highest BCUT2D eigenvalue weighted by atomic mass is 16.7. The number of nitrogens with two attached hydrogens (primary N) is 1. The zero-order valence-corrected chi connectivity index (χ0v) is 20.6. The van der Waals surface area contributed by atoms with Crippen molar-refractivity contribution in [3.8, 4) is 0 Å². The van der Waals surface area contributed by atoms with E-state index in [9.17, 15) is 4.79 Å². The van der Waals surface area contributed by atoms with Gasteiger partial charge in [0.05, 0.1) is 17.7 Å². The molecule has 6 atom stereocenters. The third-order valence-electron chi connectivity index (χ3n) is 8.87. The minimum absolute atomic E-state index is 0.0120. The summed E-state index contributed by atoms with van der Waals surface area (Å²) in [6.45, 7) is 7.47. The van der Waals surface area contributed by atoms with Gasteiger partial charge in [0.1, 0.15) is 0 Å². The molecule has 3 saturated carbocycles. The number of amides is 1. The van der Waals surface area contributed by atoms with Crippen molar-refractivity contribution in [3.63, 3.8) is 0 Å². The number of carbonyl (C=O) groups is 1. The molecule has 4 fully saturated rings. The van der Waals surface area contributed by atoms with Crippen molar-refractivity contribution in [2.45, 2.75) is 70.0 Å². The van der Waals surface area contributed by atoms with E-state index in [1.54, 1.807) is 0 Å². The van der Waals surface area contributed by atoms with Crippen molar-refractivity contribution in [1.82, 2.24) is 5.32 Å². The van der Waals surface area contributed by atoms with E-state index in [1.807, 2.05) is 36.4 Å². The molecular formula is C28H37BN2O3. The highest BCUT2D eigenvalue weighted by Crippen LogP contribution is 2.66. The van der Waals surface area contributed by atoms with Gasteiger partial charge in [-0.15, -0.1) is 0 Å². The zero-order chi connectivity index (χ0) is 23.9. The maximum absolute atomic E-state index is 12.9. The van der Waals surface area contributed by atoms with Gasteiger partial charge < -0.3 is 20.4 Å². The van der Waals surface area contributed by atoms with E-state index in [0.717, 1.165) is 18.4 Å². The van der Waals surface area contributed by atoms with E-state index in [1.165, 1.54) is 12.0 Å². The SMILES string of the molecule is CC1(C)C2CC3OB([C@@H](CNC(=O)[C@H](N)Cc4ccccc4)Cc4ccccc4)O[C@]3(C)C1C2. The van der Waals surface area contributed by atoms with Crippen molar-refractivity contribution in [3.05, 3.63) is 71.8 Å². The van der Waals surface area contributed by atoms with Gasteiger partial charge in [0.25, 0.3) is 0 Å². The highest BCUT2D eigenvalue weighted by molar-refractivity contribution is 6.47. The van der Waals surface area contributed by atoms with Gasteiger partial charge in [-0.2, -0.15) is 0 Å². The summed E-state index contributed by atoms with van der Waals surface area (Å²) in [4.78, 5) is 12.9. The number of hydrogen-bond acceptors (Lipinski definition) is 4. The minimum Gasteiger partial charge on any atom is -0.405 e. The summed E-state index contributed by atoms with van der Waals surface area (Å²) in [6, 6.07) is 19.7. The van der Waals surface area contributed by atoms with Crippen molar-refractivity contribution >= 4 is 13.0 Å². The second kappa shape index (κ2) is 9.14. The molecule has 2 aromatic carbocycles. The molecule has 0 spiro atoms. The van der Waals surface area contributed by atoms with Gasteiger partial charge in [-0.3, -0.25) is 4.79 Å². The molecule has 180 valence electrons. The van der Waals surface area contributed by atoms with E-state index in [0.29, 0.717) is 30.2 Å². The van der Waals surface area contributed by atoms with Crippen molar-refractivity contribution < 1.29 is 14.1 Å². The van der Waals surface area contributed by atoms with Crippen LogP contribution in [-0.4, -0.2) is 37.3 Å². The topological polar surface area (TPSA) is 73.6 Å². The van der Waals surface area contributed by atoms with Crippen molar-refractivity contribution in [2.75, 3.05) is 6.54 Å². The predicted octanol–water partition coefficient (Wildman–Crippen LogP) is 4.01. The van der Waals surface area contributed by atoms with Crippen LogP contribution in [0.2, 0.25) is 5.82 Å². The van der Waals surface area contributed by atoms with E-state index in [2.05, 4.69) is 50.4 Å². The zero-order valence-electron chi connectivity index (χ0n) is 20.6. The summed E-state index contributed by atoms with van der Waals surface area (Å²) in [6.07, 6.45) is 3.71. The minimum atomic E-state index is -0.585. The Morgan fingerprint density at radius 3 is 2.26 bits per heavy atom. The molecule has 6 heteroatoms. The Labute approximate surface area is 203 Å². The Morgan fingerprint density at radius 1 is 1.03 bits per heavy atom. The lowest BCUT2D eigenvalue weighted by Crippen LogP contribution is -2.65. The summed E-state index contributed by atoms with van der Waals surface area (Å²) >= 11 is 0. The van der Waals surface area contributed by atoms with E-state index >= 15 is 0 Å². The first-order valence-corrected chi connectivity index (χ1v) is 12.7. The Balaban J connectivity index is 1.27. The molecule has 2 aromatic rings. The second-order valence-electron chi connectivity index (χ2n) is 11.3. The average Bonchev–Trinajstić information content (AvgIpc) is 3.19. The number of hydrogen-bond donors (Lipinski definition) is 2. The van der Waals surface area contributed by atoms with Crippen LogP contribution in [0, 0.1) is 17.3 Å². The van der Waals surface area contributed by atoms with Crippen LogP contribution in [0.5, 0.6) is 0 Å². The molecule has 1 saturated heterocycles. The van der Waals surface area contributed by atoms with Gasteiger partial charge in [-0.05, 0) is 61.0 Å². The third-order valence-corrected chi connectivity index (χ3v) is 8.87. The normalized spacial score (nSPS) is 30.7. The fourth-order valence-corrected chi connectivity index (χ4v) is 6.61. The second-order valence-corrected chi connectivity index (χ2v) is 11.3. The lowest BCUT2D eigenvalue weighted by atomic mass is 9.43. The number of rotatable bonds is 8. The van der Waals surface area contributed by atoms with Gasteiger partial charge in [0, 0.05) is 12.4 Å². The largest absolute Gasteiger partial charge is 0.463 e. The van der Waals surface area contributed by atoms with Gasteiger partial charge in [0.2, 0.25) is 5.91 Å². The smallest absolute Gasteiger partial charge is 0.405 e. The summed E-state index contributed by atoms with van der Waals surface area (Å²) in [5, 5.41) is 3.11. The molecule has 1 amide bonds. The Kier molecular flexibility index (Phi) is 6.34. The van der Waals surface area contributed by atoms with Crippen LogP contribution in [0.1, 0.15) is 44.7 Å². The standard InChI is InChI=1S/C28H37BN2O3/c1-27(2)21-16-24(27)28(3)25(17-21)33-29(34-28)22(14-19-10-6-4-7-11-19)18-31-26(32)23(30)15-20-12-8-5-9-13-20/h4-13,21-25H,14-18,30H2,1-3H3,(H,31,32)/t21?,22-,23-,24?,25?,28-/m1/s1. The Hall–Kier alpha value is -2.15. The highest BCUT2D eigenvalue weighted by Gasteiger charge is 2.68. The maximum atomic E-state index is 12.9. The van der Waals surface area contributed by atoms with Crippen LogP contribution in [-0.2, 0) is 26.9 Å². The molecule has 3 aliphatic carbocycles. The molecule has 1 aliphatic heterocycles. The lowest BCUT2D eigenvalue weighted by Gasteiger charge is -2.64. The molecule has 0 radical (unpaired) electrons. The third kappa shape index (κ3) is 4.32. The molecule has 3 unspecified atom stereocenters. The van der Waals surface area contributed by atoms with Crippen LogP contribution >= 0.6 is 0 Å². The maximum Gasteiger partial charge on any atom is 0.463 e. The van der Waals surface area contributed by atoms with Crippen molar-refractivity contribution in [2.24, 2.45) is 23.0 Å². The number of benzene rings is 2. The molecule has 6 rings (SSSR count). The van der Waals surface area contributed by atoms with Crippen LogP contribution in [0.4, 0.5) is 0 Å². The fourth-order valence-electron chi connectivity index (χ4n) is 6.61. The van der Waals surface area contributed by atoms with Crippen LogP contribution in [0.25, 0.3) is 0 Å². The van der Waals surface area contributed by atoms with Crippen LogP contribution in [0.15, 0.2) is 60.7 Å². The monoisotopic (exact) mass is 460 g/mol. The van der Waals surface area contributed by atoms with Gasteiger partial charge in [0.15, 0.2) is 0 Å².